The van der Waals surface area contributed by atoms with Crippen molar-refractivity contribution in [1.29, 1.82) is 0 Å². The fourth-order valence-electron chi connectivity index (χ4n) is 3.57. The van der Waals surface area contributed by atoms with E-state index in [-0.39, 0.29) is 17.5 Å². The molecule has 0 spiro atoms. The minimum Gasteiger partial charge on any atom is -0.353 e. The lowest BCUT2D eigenvalue weighted by Crippen LogP contribution is -2.58. The number of carbonyl (C=O) groups excluding carboxylic acids is 1. The molecule has 0 radical (unpaired) electrons. The van der Waals surface area contributed by atoms with Crippen LogP contribution in [0, 0.1) is 5.92 Å². The van der Waals surface area contributed by atoms with Crippen molar-refractivity contribution in [1.82, 2.24) is 10.2 Å². The van der Waals surface area contributed by atoms with Gasteiger partial charge in [-0.05, 0) is 58.4 Å². The third-order valence-electron chi connectivity index (χ3n) is 4.94. The molecule has 0 saturated heterocycles. The van der Waals surface area contributed by atoms with Crippen LogP contribution < -0.4 is 11.1 Å². The first-order valence-electron chi connectivity index (χ1n) is 8.71. The van der Waals surface area contributed by atoms with E-state index in [1.54, 1.807) is 0 Å². The van der Waals surface area contributed by atoms with Gasteiger partial charge < -0.3 is 11.1 Å². The molecule has 3 N–H and O–H groups in total. The van der Waals surface area contributed by atoms with Crippen LogP contribution in [0.1, 0.15) is 66.2 Å². The Morgan fingerprint density at radius 3 is 2.38 bits per heavy atom. The summed E-state index contributed by atoms with van der Waals surface area (Å²) in [6, 6.07) is 0.200. The van der Waals surface area contributed by atoms with E-state index < -0.39 is 0 Å². The standard InChI is InChI=1S/C17H35N3O/c1-5-11-20(12-16(21)19-14(3)4)17(13-18)9-7-15(6-2)8-10-17/h14-15H,5-13,18H2,1-4H3,(H,19,21). The maximum absolute atomic E-state index is 12.2. The van der Waals surface area contributed by atoms with Gasteiger partial charge in [0.25, 0.3) is 0 Å². The van der Waals surface area contributed by atoms with Gasteiger partial charge in [0.2, 0.25) is 5.91 Å². The van der Waals surface area contributed by atoms with Gasteiger partial charge in [-0.3, -0.25) is 9.69 Å². The molecular weight excluding hydrogens is 262 g/mol. The first-order chi connectivity index (χ1) is 9.97. The molecule has 1 fully saturated rings. The first kappa shape index (κ1) is 18.4. The van der Waals surface area contributed by atoms with Gasteiger partial charge in [-0.2, -0.15) is 0 Å². The number of nitrogens with zero attached hydrogens (tertiary/aromatic N) is 1. The van der Waals surface area contributed by atoms with Crippen LogP contribution in [0.4, 0.5) is 0 Å². The van der Waals surface area contributed by atoms with Crippen molar-refractivity contribution in [2.24, 2.45) is 11.7 Å². The Labute approximate surface area is 130 Å². The van der Waals surface area contributed by atoms with E-state index in [1.165, 1.54) is 19.3 Å². The molecule has 124 valence electrons. The highest BCUT2D eigenvalue weighted by Gasteiger charge is 2.39. The van der Waals surface area contributed by atoms with Gasteiger partial charge in [0.05, 0.1) is 6.54 Å². The fraction of sp³-hybridized carbons (Fsp3) is 0.941. The summed E-state index contributed by atoms with van der Waals surface area (Å²) in [4.78, 5) is 14.5. The number of hydrogen-bond donors (Lipinski definition) is 2. The minimum absolute atomic E-state index is 0.0377. The Hall–Kier alpha value is -0.610. The maximum Gasteiger partial charge on any atom is 0.234 e. The Kier molecular flexibility index (Phi) is 7.67. The van der Waals surface area contributed by atoms with Gasteiger partial charge in [0.1, 0.15) is 0 Å². The van der Waals surface area contributed by atoms with E-state index >= 15 is 0 Å². The summed E-state index contributed by atoms with van der Waals surface area (Å²) in [5, 5.41) is 3.01. The molecule has 0 aliphatic heterocycles. The third-order valence-corrected chi connectivity index (χ3v) is 4.94. The van der Waals surface area contributed by atoms with Gasteiger partial charge in [-0.25, -0.2) is 0 Å². The molecule has 1 amide bonds. The van der Waals surface area contributed by atoms with Crippen molar-refractivity contribution in [3.63, 3.8) is 0 Å². The van der Waals surface area contributed by atoms with E-state index in [0.717, 1.165) is 31.7 Å². The number of nitrogens with one attached hydrogen (secondary N) is 1. The quantitative estimate of drug-likeness (QED) is 0.724. The van der Waals surface area contributed by atoms with Gasteiger partial charge in [0.15, 0.2) is 0 Å². The zero-order chi connectivity index (χ0) is 15.9. The average molecular weight is 297 g/mol. The summed E-state index contributed by atoms with van der Waals surface area (Å²) >= 11 is 0. The highest BCUT2D eigenvalue weighted by atomic mass is 16.2. The highest BCUT2D eigenvalue weighted by molar-refractivity contribution is 5.78. The smallest absolute Gasteiger partial charge is 0.234 e. The molecule has 0 aromatic rings. The molecule has 4 nitrogen and oxygen atoms in total. The Balaban J connectivity index is 2.73. The van der Waals surface area contributed by atoms with E-state index in [4.69, 9.17) is 5.73 Å². The summed E-state index contributed by atoms with van der Waals surface area (Å²) in [5.74, 6) is 0.974. The van der Waals surface area contributed by atoms with Crippen LogP contribution in [-0.2, 0) is 4.79 Å². The highest BCUT2D eigenvalue weighted by Crippen LogP contribution is 2.37. The van der Waals surface area contributed by atoms with Crippen molar-refractivity contribution < 1.29 is 4.79 Å². The lowest BCUT2D eigenvalue weighted by Gasteiger charge is -2.47. The van der Waals surface area contributed by atoms with Crippen LogP contribution in [0.3, 0.4) is 0 Å². The van der Waals surface area contributed by atoms with Gasteiger partial charge >= 0.3 is 0 Å². The summed E-state index contributed by atoms with van der Waals surface area (Å²) in [5.41, 5.74) is 6.20. The largest absolute Gasteiger partial charge is 0.353 e. The van der Waals surface area contributed by atoms with Gasteiger partial charge in [-0.1, -0.05) is 20.3 Å². The van der Waals surface area contributed by atoms with Crippen LogP contribution in [0.25, 0.3) is 0 Å². The predicted molar refractivity (Wildman–Crippen MR) is 89.2 cm³/mol. The Morgan fingerprint density at radius 2 is 1.95 bits per heavy atom. The second kappa shape index (κ2) is 8.74. The summed E-state index contributed by atoms with van der Waals surface area (Å²) < 4.78 is 0. The minimum atomic E-state index is 0.0377. The second-order valence-corrected chi connectivity index (χ2v) is 6.92. The predicted octanol–water partition coefficient (Wildman–Crippen LogP) is 2.52. The van der Waals surface area contributed by atoms with Crippen LogP contribution in [0.2, 0.25) is 0 Å². The molecule has 1 rings (SSSR count). The second-order valence-electron chi connectivity index (χ2n) is 6.92. The molecule has 1 aliphatic rings. The van der Waals surface area contributed by atoms with E-state index in [1.807, 2.05) is 13.8 Å². The van der Waals surface area contributed by atoms with Crippen molar-refractivity contribution in [2.75, 3.05) is 19.6 Å². The molecule has 4 heteroatoms. The van der Waals surface area contributed by atoms with Gasteiger partial charge in [-0.15, -0.1) is 0 Å². The molecular formula is C17H35N3O. The molecule has 0 atom stereocenters. The summed E-state index contributed by atoms with van der Waals surface area (Å²) in [6.45, 7) is 10.6. The normalized spacial score (nSPS) is 26.3. The molecule has 0 aromatic carbocycles. The van der Waals surface area contributed by atoms with Crippen molar-refractivity contribution in [2.45, 2.75) is 77.8 Å². The number of nitrogens with two attached hydrogens (primary N) is 1. The summed E-state index contributed by atoms with van der Waals surface area (Å²) in [6.07, 6.45) is 7.10. The molecule has 21 heavy (non-hydrogen) atoms. The van der Waals surface area contributed by atoms with Crippen molar-refractivity contribution in [3.8, 4) is 0 Å². The van der Waals surface area contributed by atoms with Gasteiger partial charge in [0, 0.05) is 18.1 Å². The van der Waals surface area contributed by atoms with Crippen LogP contribution >= 0.6 is 0 Å². The van der Waals surface area contributed by atoms with Crippen molar-refractivity contribution >= 4 is 5.91 Å². The molecule has 0 unspecified atom stereocenters. The lowest BCUT2D eigenvalue weighted by atomic mass is 9.74. The fourth-order valence-corrected chi connectivity index (χ4v) is 3.57. The average Bonchev–Trinajstić information content (AvgIpc) is 2.46. The van der Waals surface area contributed by atoms with Crippen LogP contribution in [0.5, 0.6) is 0 Å². The molecule has 0 heterocycles. The number of amides is 1. The van der Waals surface area contributed by atoms with Crippen LogP contribution in [0.15, 0.2) is 0 Å². The Morgan fingerprint density at radius 1 is 1.33 bits per heavy atom. The first-order valence-corrected chi connectivity index (χ1v) is 8.71. The number of rotatable bonds is 8. The molecule has 0 bridgehead atoms. The lowest BCUT2D eigenvalue weighted by molar-refractivity contribution is -0.125. The van der Waals surface area contributed by atoms with Crippen LogP contribution in [-0.4, -0.2) is 42.0 Å². The monoisotopic (exact) mass is 297 g/mol. The van der Waals surface area contributed by atoms with E-state index in [0.29, 0.717) is 13.1 Å². The number of hydrogen-bond acceptors (Lipinski definition) is 3. The topological polar surface area (TPSA) is 58.4 Å². The number of carbonyl (C=O) groups is 1. The third kappa shape index (κ3) is 5.26. The van der Waals surface area contributed by atoms with E-state index in [2.05, 4.69) is 24.1 Å². The Bertz CT molecular complexity index is 309. The van der Waals surface area contributed by atoms with Crippen molar-refractivity contribution in [3.05, 3.63) is 0 Å². The molecule has 1 saturated carbocycles. The zero-order valence-electron chi connectivity index (χ0n) is 14.5. The van der Waals surface area contributed by atoms with E-state index in [9.17, 15) is 4.79 Å². The zero-order valence-corrected chi connectivity index (χ0v) is 14.5. The SMILES string of the molecule is CCCN(CC(=O)NC(C)C)C1(CN)CCC(CC)CC1. The molecule has 0 aromatic heterocycles. The maximum atomic E-state index is 12.2. The summed E-state index contributed by atoms with van der Waals surface area (Å²) in [7, 11) is 0. The molecule has 1 aliphatic carbocycles.